The summed E-state index contributed by atoms with van der Waals surface area (Å²) in [5.41, 5.74) is 1.93. The highest BCUT2D eigenvalue weighted by atomic mass is 16.6. The molecule has 2 aromatic rings. The van der Waals surface area contributed by atoms with E-state index in [1.807, 2.05) is 39.0 Å². The van der Waals surface area contributed by atoms with E-state index in [9.17, 15) is 19.2 Å². The van der Waals surface area contributed by atoms with Crippen LogP contribution in [0.5, 0.6) is 0 Å². The highest BCUT2D eigenvalue weighted by Gasteiger charge is 2.46. The fourth-order valence-electron chi connectivity index (χ4n) is 5.53. The van der Waals surface area contributed by atoms with E-state index in [0.717, 1.165) is 37.1 Å². The monoisotopic (exact) mass is 483 g/mol. The Morgan fingerprint density at radius 2 is 1.77 bits per heavy atom. The third-order valence-corrected chi connectivity index (χ3v) is 7.49. The lowest BCUT2D eigenvalue weighted by atomic mass is 9.72. The number of amides is 3. The molecule has 1 aromatic heterocycles. The number of aryl methyl sites for hydroxylation is 1. The summed E-state index contributed by atoms with van der Waals surface area (Å²) in [5.74, 6) is -0.729. The number of ether oxygens (including phenoxy) is 1. The first kappa shape index (κ1) is 23.4. The maximum Gasteiger partial charge on any atom is 0.410 e. The van der Waals surface area contributed by atoms with Crippen LogP contribution in [0.25, 0.3) is 11.0 Å². The molecule has 3 amide bonds. The van der Waals surface area contributed by atoms with Crippen molar-refractivity contribution in [2.24, 2.45) is 12.5 Å². The van der Waals surface area contributed by atoms with Crippen LogP contribution >= 0.6 is 0 Å². The van der Waals surface area contributed by atoms with Crippen molar-refractivity contribution in [3.05, 3.63) is 28.7 Å². The number of rotatable bonds is 2. The van der Waals surface area contributed by atoms with Crippen molar-refractivity contribution in [3.8, 4) is 0 Å². The number of nitrogens with one attached hydrogen (secondary N) is 1. The van der Waals surface area contributed by atoms with Crippen molar-refractivity contribution in [3.63, 3.8) is 0 Å². The van der Waals surface area contributed by atoms with Crippen LogP contribution in [0.1, 0.15) is 52.5 Å². The van der Waals surface area contributed by atoms with Crippen LogP contribution in [0, 0.1) is 5.41 Å². The van der Waals surface area contributed by atoms with Gasteiger partial charge in [0.15, 0.2) is 0 Å². The van der Waals surface area contributed by atoms with Gasteiger partial charge in [-0.1, -0.05) is 0 Å². The summed E-state index contributed by atoms with van der Waals surface area (Å²) in [4.78, 5) is 53.4. The molecule has 0 saturated carbocycles. The van der Waals surface area contributed by atoms with Crippen molar-refractivity contribution in [1.82, 2.24) is 19.4 Å². The standard InChI is InChI=1S/C25H33N5O5/c1-24(2,3)35-23(34)28-11-9-25(10-12-28)14-29(15-25)16-5-6-17-19(13-16)27(4)22(33)30(17)18-7-8-20(31)26-21(18)32/h5-6,13,18H,7-12,14-15H2,1-4H3,(H,26,31,32). The number of benzene rings is 1. The van der Waals surface area contributed by atoms with Gasteiger partial charge in [0.1, 0.15) is 11.6 Å². The lowest BCUT2D eigenvalue weighted by Gasteiger charge is -2.55. The van der Waals surface area contributed by atoms with Crippen LogP contribution in [0.2, 0.25) is 0 Å². The summed E-state index contributed by atoms with van der Waals surface area (Å²) < 4.78 is 8.58. The molecule has 0 bridgehead atoms. The predicted octanol–water partition coefficient (Wildman–Crippen LogP) is 2.16. The summed E-state index contributed by atoms with van der Waals surface area (Å²) >= 11 is 0. The van der Waals surface area contributed by atoms with Crippen molar-refractivity contribution in [2.75, 3.05) is 31.1 Å². The fourth-order valence-corrected chi connectivity index (χ4v) is 5.53. The number of carbonyl (C=O) groups excluding carboxylic acids is 3. The average Bonchev–Trinajstić information content (AvgIpc) is 3.01. The van der Waals surface area contributed by atoms with Gasteiger partial charge < -0.3 is 14.5 Å². The van der Waals surface area contributed by atoms with E-state index in [1.54, 1.807) is 16.5 Å². The topological polar surface area (TPSA) is 106 Å². The van der Waals surface area contributed by atoms with Crippen LogP contribution < -0.4 is 15.9 Å². The molecule has 1 N–H and O–H groups in total. The molecule has 3 saturated heterocycles. The molecule has 188 valence electrons. The number of hydrogen-bond acceptors (Lipinski definition) is 6. The molecule has 1 unspecified atom stereocenters. The summed E-state index contributed by atoms with van der Waals surface area (Å²) in [5, 5.41) is 2.34. The number of carbonyl (C=O) groups is 3. The van der Waals surface area contributed by atoms with Gasteiger partial charge in [-0.15, -0.1) is 0 Å². The number of likely N-dealkylation sites (tertiary alicyclic amines) is 1. The van der Waals surface area contributed by atoms with E-state index in [1.165, 1.54) is 4.57 Å². The molecule has 0 aliphatic carbocycles. The Bertz CT molecular complexity index is 1250. The second kappa shape index (κ2) is 8.13. The Morgan fingerprint density at radius 3 is 2.40 bits per heavy atom. The zero-order valence-corrected chi connectivity index (χ0v) is 20.8. The van der Waals surface area contributed by atoms with Crippen molar-refractivity contribution in [2.45, 2.75) is 58.1 Å². The first-order valence-corrected chi connectivity index (χ1v) is 12.2. The molecule has 10 nitrogen and oxygen atoms in total. The fraction of sp³-hybridized carbons (Fsp3) is 0.600. The Balaban J connectivity index is 1.28. The Kier molecular flexibility index (Phi) is 5.45. The minimum Gasteiger partial charge on any atom is -0.444 e. The van der Waals surface area contributed by atoms with Gasteiger partial charge in [0, 0.05) is 50.7 Å². The first-order valence-electron chi connectivity index (χ1n) is 12.2. The zero-order valence-electron chi connectivity index (χ0n) is 20.8. The highest BCUT2D eigenvalue weighted by molar-refractivity contribution is 6.00. The van der Waals surface area contributed by atoms with Gasteiger partial charge in [0.2, 0.25) is 11.8 Å². The predicted molar refractivity (Wildman–Crippen MR) is 130 cm³/mol. The van der Waals surface area contributed by atoms with Crippen molar-refractivity contribution in [1.29, 1.82) is 0 Å². The number of fused-ring (bicyclic) bond motifs is 1. The van der Waals surface area contributed by atoms with Gasteiger partial charge in [-0.2, -0.15) is 0 Å². The zero-order chi connectivity index (χ0) is 25.1. The minimum atomic E-state index is -0.683. The van der Waals surface area contributed by atoms with Gasteiger partial charge in [-0.05, 0) is 58.2 Å². The molecule has 10 heteroatoms. The van der Waals surface area contributed by atoms with Crippen LogP contribution in [0.4, 0.5) is 10.5 Å². The normalized spacial score (nSPS) is 22.3. The second-order valence-corrected chi connectivity index (χ2v) is 11.2. The lowest BCUT2D eigenvalue weighted by molar-refractivity contribution is -0.135. The first-order chi connectivity index (χ1) is 16.5. The number of aromatic nitrogens is 2. The molecule has 1 spiro atoms. The maximum atomic E-state index is 13.0. The molecule has 5 rings (SSSR count). The number of anilines is 1. The smallest absolute Gasteiger partial charge is 0.410 e. The average molecular weight is 484 g/mol. The summed E-state index contributed by atoms with van der Waals surface area (Å²) in [6.07, 6.45) is 2.18. The largest absolute Gasteiger partial charge is 0.444 e. The molecule has 3 aliphatic heterocycles. The van der Waals surface area contributed by atoms with Gasteiger partial charge in [0.05, 0.1) is 11.0 Å². The molecule has 3 aliphatic rings. The lowest BCUT2D eigenvalue weighted by Crippen LogP contribution is -2.61. The SMILES string of the molecule is Cn1c(=O)n(C2CCC(=O)NC2=O)c2ccc(N3CC4(CCN(C(=O)OC(C)(C)C)CC4)C3)cc21. The number of nitrogens with zero attached hydrogens (tertiary/aromatic N) is 4. The molecule has 1 aromatic carbocycles. The van der Waals surface area contributed by atoms with Crippen LogP contribution in [0.15, 0.2) is 23.0 Å². The summed E-state index contributed by atoms with van der Waals surface area (Å²) in [7, 11) is 1.71. The van der Waals surface area contributed by atoms with E-state index in [2.05, 4.69) is 10.2 Å². The maximum absolute atomic E-state index is 13.0. The molecule has 35 heavy (non-hydrogen) atoms. The molecular weight excluding hydrogens is 450 g/mol. The molecule has 0 radical (unpaired) electrons. The second-order valence-electron chi connectivity index (χ2n) is 11.2. The van der Waals surface area contributed by atoms with Crippen LogP contribution in [-0.4, -0.2) is 63.7 Å². The quantitative estimate of drug-likeness (QED) is 0.657. The van der Waals surface area contributed by atoms with E-state index in [4.69, 9.17) is 4.74 Å². The van der Waals surface area contributed by atoms with Gasteiger partial charge in [-0.3, -0.25) is 24.0 Å². The van der Waals surface area contributed by atoms with Crippen molar-refractivity contribution < 1.29 is 19.1 Å². The third kappa shape index (κ3) is 4.19. The van der Waals surface area contributed by atoms with Crippen LogP contribution in [0.3, 0.4) is 0 Å². The number of hydrogen-bond donors (Lipinski definition) is 1. The number of imide groups is 1. The third-order valence-electron chi connectivity index (χ3n) is 7.49. The molecule has 3 fully saturated rings. The number of piperidine rings is 2. The molecule has 1 atom stereocenters. The van der Waals surface area contributed by atoms with Gasteiger partial charge in [0.25, 0.3) is 0 Å². The Labute approximate surface area is 203 Å². The van der Waals surface area contributed by atoms with Gasteiger partial charge in [-0.25, -0.2) is 9.59 Å². The van der Waals surface area contributed by atoms with Gasteiger partial charge >= 0.3 is 11.8 Å². The number of imidazole rings is 1. The molecule has 4 heterocycles. The minimum absolute atomic E-state index is 0.192. The van der Waals surface area contributed by atoms with Crippen LogP contribution in [-0.2, 0) is 21.4 Å². The van der Waals surface area contributed by atoms with E-state index in [-0.39, 0.29) is 29.5 Å². The van der Waals surface area contributed by atoms with E-state index in [0.29, 0.717) is 25.0 Å². The summed E-state index contributed by atoms with van der Waals surface area (Å²) in [6.45, 7) is 8.85. The summed E-state index contributed by atoms with van der Waals surface area (Å²) in [6, 6.07) is 5.21. The highest BCUT2D eigenvalue weighted by Crippen LogP contribution is 2.43. The Morgan fingerprint density at radius 1 is 1.09 bits per heavy atom. The van der Waals surface area contributed by atoms with E-state index >= 15 is 0 Å². The molecular formula is C25H33N5O5. The Hall–Kier alpha value is -3.30. The van der Waals surface area contributed by atoms with E-state index < -0.39 is 17.6 Å². The van der Waals surface area contributed by atoms with Crippen molar-refractivity contribution >= 4 is 34.6 Å².